The van der Waals surface area contributed by atoms with Crippen molar-refractivity contribution in [2.45, 2.75) is 19.4 Å². The van der Waals surface area contributed by atoms with Gasteiger partial charge in [0, 0.05) is 13.6 Å². The normalized spacial score (nSPS) is 10.8. The summed E-state index contributed by atoms with van der Waals surface area (Å²) in [5, 5.41) is 0. The van der Waals surface area contributed by atoms with E-state index < -0.39 is 0 Å². The van der Waals surface area contributed by atoms with Gasteiger partial charge in [-0.3, -0.25) is 9.13 Å². The molecule has 1 heterocycles. The van der Waals surface area contributed by atoms with E-state index in [1.54, 1.807) is 22.3 Å². The molecule has 0 bridgehead atoms. The lowest BCUT2D eigenvalue weighted by Crippen LogP contribution is -2.21. The van der Waals surface area contributed by atoms with E-state index in [4.69, 9.17) is 4.74 Å². The molecule has 0 saturated carbocycles. The van der Waals surface area contributed by atoms with Crippen molar-refractivity contribution in [3.8, 4) is 16.9 Å². The van der Waals surface area contributed by atoms with E-state index in [0.29, 0.717) is 13.2 Å². The van der Waals surface area contributed by atoms with E-state index in [9.17, 15) is 4.79 Å². The van der Waals surface area contributed by atoms with Crippen LogP contribution in [0.5, 0.6) is 5.75 Å². The molecule has 26 heavy (non-hydrogen) atoms. The molecule has 2 aromatic carbocycles. The Bertz CT molecular complexity index is 995. The summed E-state index contributed by atoms with van der Waals surface area (Å²) in [5.74, 6) is 0.852. The van der Waals surface area contributed by atoms with Crippen molar-refractivity contribution in [2.75, 3.05) is 6.61 Å². The molecule has 0 aliphatic rings. The molecule has 1 aromatic heterocycles. The maximum absolute atomic E-state index is 12.4. The van der Waals surface area contributed by atoms with E-state index in [1.165, 1.54) is 0 Å². The number of benzene rings is 2. The minimum Gasteiger partial charge on any atom is -0.494 e. The topological polar surface area (TPSA) is 36.2 Å². The molecule has 0 fully saturated rings. The molecule has 0 unspecified atom stereocenters. The zero-order valence-corrected chi connectivity index (χ0v) is 15.1. The minimum absolute atomic E-state index is 0.0312. The van der Waals surface area contributed by atoms with Crippen LogP contribution in [0.15, 0.2) is 72.6 Å². The Labute approximate surface area is 153 Å². The smallest absolute Gasteiger partial charge is 0.329 e. The van der Waals surface area contributed by atoms with Crippen LogP contribution in [0.3, 0.4) is 0 Å². The van der Waals surface area contributed by atoms with Gasteiger partial charge in [-0.2, -0.15) is 0 Å². The van der Waals surface area contributed by atoms with E-state index in [-0.39, 0.29) is 5.69 Å². The molecule has 0 atom stereocenters. The lowest BCUT2D eigenvalue weighted by molar-refractivity contribution is 0.312. The maximum atomic E-state index is 12.4. The predicted molar refractivity (Wildman–Crippen MR) is 108 cm³/mol. The van der Waals surface area contributed by atoms with Crippen molar-refractivity contribution in [1.82, 2.24) is 9.13 Å². The predicted octanol–water partition coefficient (Wildman–Crippen LogP) is 4.54. The van der Waals surface area contributed by atoms with Gasteiger partial charge in [-0.25, -0.2) is 4.79 Å². The van der Waals surface area contributed by atoms with E-state index in [0.717, 1.165) is 40.8 Å². The van der Waals surface area contributed by atoms with Gasteiger partial charge >= 0.3 is 5.69 Å². The zero-order valence-electron chi connectivity index (χ0n) is 15.1. The largest absolute Gasteiger partial charge is 0.494 e. The van der Waals surface area contributed by atoms with Crippen molar-refractivity contribution >= 4 is 11.0 Å². The van der Waals surface area contributed by atoms with Gasteiger partial charge in [0.05, 0.1) is 17.6 Å². The number of ether oxygens (including phenoxy) is 1. The van der Waals surface area contributed by atoms with Gasteiger partial charge in [0.15, 0.2) is 0 Å². The van der Waals surface area contributed by atoms with Crippen LogP contribution >= 0.6 is 0 Å². The number of nitrogens with zero attached hydrogens (tertiary/aromatic N) is 2. The lowest BCUT2D eigenvalue weighted by Gasteiger charge is -2.08. The fourth-order valence-electron chi connectivity index (χ4n) is 3.08. The Balaban J connectivity index is 1.93. The summed E-state index contributed by atoms with van der Waals surface area (Å²) >= 11 is 0. The second-order valence-corrected chi connectivity index (χ2v) is 6.25. The Morgan fingerprint density at radius 3 is 2.62 bits per heavy atom. The van der Waals surface area contributed by atoms with Gasteiger partial charge in [-0.1, -0.05) is 30.4 Å². The monoisotopic (exact) mass is 348 g/mol. The van der Waals surface area contributed by atoms with Crippen molar-refractivity contribution in [3.63, 3.8) is 0 Å². The molecular formula is C22H24N2O2. The molecule has 3 aromatic rings. The van der Waals surface area contributed by atoms with Crippen LogP contribution in [0.25, 0.3) is 22.2 Å². The number of allylic oxidation sites excluding steroid dienone is 2. The zero-order chi connectivity index (χ0) is 18.5. The Hall–Kier alpha value is -3.01. The number of aryl methyl sites for hydroxylation is 1. The van der Waals surface area contributed by atoms with Crippen LogP contribution in [0.4, 0.5) is 0 Å². The highest BCUT2D eigenvalue weighted by atomic mass is 16.5. The van der Waals surface area contributed by atoms with Gasteiger partial charge in [-0.05, 0) is 48.2 Å². The molecule has 134 valence electrons. The first-order chi connectivity index (χ1) is 12.7. The third kappa shape index (κ3) is 3.49. The average Bonchev–Trinajstić information content (AvgIpc) is 2.90. The van der Waals surface area contributed by atoms with Crippen molar-refractivity contribution < 1.29 is 4.74 Å². The van der Waals surface area contributed by atoms with Gasteiger partial charge < -0.3 is 4.74 Å². The molecular weight excluding hydrogens is 324 g/mol. The summed E-state index contributed by atoms with van der Waals surface area (Å²) in [5.41, 5.74) is 3.92. The molecule has 4 nitrogen and oxygen atoms in total. The molecule has 3 rings (SSSR count). The SMILES string of the molecule is C=CCCCOc1cccc(-c2ccc3c(c2)n(C)c(=O)n3CC=C)c1. The first-order valence-corrected chi connectivity index (χ1v) is 8.80. The van der Waals surface area contributed by atoms with Crippen molar-refractivity contribution in [3.05, 3.63) is 78.3 Å². The van der Waals surface area contributed by atoms with Crippen molar-refractivity contribution in [1.29, 1.82) is 0 Å². The highest BCUT2D eigenvalue weighted by Crippen LogP contribution is 2.27. The Morgan fingerprint density at radius 2 is 1.85 bits per heavy atom. The molecule has 0 spiro atoms. The summed E-state index contributed by atoms with van der Waals surface area (Å²) in [4.78, 5) is 12.4. The molecule has 0 N–H and O–H groups in total. The van der Waals surface area contributed by atoms with Crippen LogP contribution < -0.4 is 10.4 Å². The summed E-state index contributed by atoms with van der Waals surface area (Å²) in [6.07, 6.45) is 5.55. The molecule has 0 aliphatic carbocycles. The average molecular weight is 348 g/mol. The molecule has 0 aliphatic heterocycles. The molecule has 0 amide bonds. The summed E-state index contributed by atoms with van der Waals surface area (Å²) in [6.45, 7) is 8.64. The summed E-state index contributed by atoms with van der Waals surface area (Å²) < 4.78 is 9.22. The van der Waals surface area contributed by atoms with Gasteiger partial charge in [0.2, 0.25) is 0 Å². The highest BCUT2D eigenvalue weighted by Gasteiger charge is 2.11. The summed E-state index contributed by atoms with van der Waals surface area (Å²) in [6, 6.07) is 14.1. The Morgan fingerprint density at radius 1 is 1.04 bits per heavy atom. The number of hydrogen-bond acceptors (Lipinski definition) is 2. The van der Waals surface area contributed by atoms with Crippen LogP contribution in [0.2, 0.25) is 0 Å². The van der Waals surface area contributed by atoms with Crippen LogP contribution in [-0.4, -0.2) is 15.7 Å². The third-order valence-corrected chi connectivity index (χ3v) is 4.45. The first kappa shape index (κ1) is 17.8. The number of hydrogen-bond donors (Lipinski definition) is 0. The Kier molecular flexibility index (Phi) is 5.42. The highest BCUT2D eigenvalue weighted by molar-refractivity contribution is 5.83. The second kappa shape index (κ2) is 7.91. The number of fused-ring (bicyclic) bond motifs is 1. The maximum Gasteiger partial charge on any atom is 0.329 e. The van der Waals surface area contributed by atoms with E-state index >= 15 is 0 Å². The minimum atomic E-state index is -0.0312. The number of rotatable bonds is 8. The fourth-order valence-corrected chi connectivity index (χ4v) is 3.08. The van der Waals surface area contributed by atoms with Gasteiger partial charge in [0.25, 0.3) is 0 Å². The van der Waals surface area contributed by atoms with Crippen LogP contribution in [-0.2, 0) is 13.6 Å². The fraction of sp³-hybridized carbons (Fsp3) is 0.227. The van der Waals surface area contributed by atoms with Crippen LogP contribution in [0, 0.1) is 0 Å². The number of unbranched alkanes of at least 4 members (excludes halogenated alkanes) is 1. The second-order valence-electron chi connectivity index (χ2n) is 6.25. The molecule has 0 saturated heterocycles. The number of imidazole rings is 1. The van der Waals surface area contributed by atoms with E-state index in [2.05, 4.69) is 19.2 Å². The first-order valence-electron chi connectivity index (χ1n) is 8.80. The standard InChI is InChI=1S/C22H24N2O2/c1-4-6-7-14-26-19-10-8-9-17(15-19)18-11-12-20-21(16-18)23(3)22(25)24(20)13-5-2/h4-5,8-12,15-16H,1-2,6-7,13-14H2,3H3. The van der Waals surface area contributed by atoms with Crippen LogP contribution in [0.1, 0.15) is 12.8 Å². The molecule has 0 radical (unpaired) electrons. The van der Waals surface area contributed by atoms with Gasteiger partial charge in [0.1, 0.15) is 5.75 Å². The van der Waals surface area contributed by atoms with E-state index in [1.807, 2.05) is 42.5 Å². The quantitative estimate of drug-likeness (QED) is 0.443. The van der Waals surface area contributed by atoms with Crippen molar-refractivity contribution in [2.24, 2.45) is 7.05 Å². The summed E-state index contributed by atoms with van der Waals surface area (Å²) in [7, 11) is 1.80. The molecule has 4 heteroatoms. The van der Waals surface area contributed by atoms with Gasteiger partial charge in [-0.15, -0.1) is 13.2 Å². The number of aromatic nitrogens is 2. The lowest BCUT2D eigenvalue weighted by atomic mass is 10.0. The third-order valence-electron chi connectivity index (χ3n) is 4.45.